The van der Waals surface area contributed by atoms with Crippen LogP contribution in [-0.4, -0.2) is 36.2 Å². The number of rotatable bonds is 3. The molecule has 0 aromatic carbocycles. The van der Waals surface area contributed by atoms with E-state index in [1.165, 1.54) is 6.07 Å². The molecule has 92 valence electrons. The molecule has 1 aliphatic heterocycles. The second kappa shape index (κ2) is 4.97. The lowest BCUT2D eigenvalue weighted by molar-refractivity contribution is -0.384. The number of hydrogen-bond acceptors (Lipinski definition) is 5. The number of ether oxygens (including phenoxy) is 1. The van der Waals surface area contributed by atoms with Crippen molar-refractivity contribution in [3.63, 3.8) is 0 Å². The van der Waals surface area contributed by atoms with Crippen LogP contribution in [0.1, 0.15) is 6.42 Å². The van der Waals surface area contributed by atoms with Crippen LogP contribution >= 0.6 is 15.9 Å². The highest BCUT2D eigenvalue weighted by atomic mass is 79.9. The van der Waals surface area contributed by atoms with E-state index in [1.54, 1.807) is 13.3 Å². The minimum absolute atomic E-state index is 0.0242. The van der Waals surface area contributed by atoms with Gasteiger partial charge in [0, 0.05) is 36.9 Å². The van der Waals surface area contributed by atoms with E-state index in [0.29, 0.717) is 16.8 Å². The minimum atomic E-state index is -0.410. The van der Waals surface area contributed by atoms with Crippen molar-refractivity contribution in [2.45, 2.75) is 12.5 Å². The van der Waals surface area contributed by atoms with Gasteiger partial charge in [-0.05, 0) is 22.4 Å². The van der Waals surface area contributed by atoms with E-state index in [2.05, 4.69) is 20.9 Å². The summed E-state index contributed by atoms with van der Waals surface area (Å²) in [7, 11) is 1.65. The van der Waals surface area contributed by atoms with Crippen LogP contribution in [0.15, 0.2) is 16.7 Å². The molecule has 0 bridgehead atoms. The molecule has 1 aromatic rings. The average Bonchev–Trinajstić information content (AvgIpc) is 2.77. The first-order valence-electron chi connectivity index (χ1n) is 5.19. The molecule has 0 unspecified atom stereocenters. The van der Waals surface area contributed by atoms with Crippen molar-refractivity contribution in [1.29, 1.82) is 0 Å². The highest BCUT2D eigenvalue weighted by Gasteiger charge is 2.28. The topological polar surface area (TPSA) is 68.5 Å². The Morgan fingerprint density at radius 3 is 3.06 bits per heavy atom. The molecule has 2 heterocycles. The molecule has 1 atom stereocenters. The molecule has 0 aliphatic carbocycles. The van der Waals surface area contributed by atoms with Gasteiger partial charge in [-0.1, -0.05) is 0 Å². The van der Waals surface area contributed by atoms with Crippen molar-refractivity contribution in [3.8, 4) is 0 Å². The molecular weight excluding hydrogens is 290 g/mol. The average molecular weight is 302 g/mol. The second-order valence-electron chi connectivity index (χ2n) is 3.85. The zero-order valence-corrected chi connectivity index (χ0v) is 10.9. The number of halogens is 1. The van der Waals surface area contributed by atoms with Crippen LogP contribution in [0.5, 0.6) is 0 Å². The van der Waals surface area contributed by atoms with Crippen molar-refractivity contribution in [2.24, 2.45) is 0 Å². The lowest BCUT2D eigenvalue weighted by atomic mass is 10.3. The largest absolute Gasteiger partial charge is 0.380 e. The maximum absolute atomic E-state index is 11.0. The highest BCUT2D eigenvalue weighted by Crippen LogP contribution is 2.31. The maximum Gasteiger partial charge on any atom is 0.312 e. The van der Waals surface area contributed by atoms with E-state index in [-0.39, 0.29) is 11.8 Å². The van der Waals surface area contributed by atoms with Crippen molar-refractivity contribution in [1.82, 2.24) is 4.98 Å². The fourth-order valence-electron chi connectivity index (χ4n) is 1.91. The Labute approximate surface area is 107 Å². The Bertz CT molecular complexity index is 441. The van der Waals surface area contributed by atoms with E-state index in [0.717, 1.165) is 13.0 Å². The summed E-state index contributed by atoms with van der Waals surface area (Å²) in [6.45, 7) is 1.37. The Morgan fingerprint density at radius 1 is 1.71 bits per heavy atom. The van der Waals surface area contributed by atoms with Crippen LogP contribution in [-0.2, 0) is 4.74 Å². The van der Waals surface area contributed by atoms with Crippen LogP contribution in [0, 0.1) is 10.1 Å². The van der Waals surface area contributed by atoms with Crippen molar-refractivity contribution in [2.75, 3.05) is 25.1 Å². The molecule has 1 fully saturated rings. The number of methoxy groups -OCH3 is 1. The summed E-state index contributed by atoms with van der Waals surface area (Å²) in [5.74, 6) is 0.415. The second-order valence-corrected chi connectivity index (χ2v) is 4.76. The third-order valence-corrected chi connectivity index (χ3v) is 3.22. The van der Waals surface area contributed by atoms with Crippen molar-refractivity contribution in [3.05, 3.63) is 26.9 Å². The van der Waals surface area contributed by atoms with Crippen LogP contribution in [0.2, 0.25) is 0 Å². The Morgan fingerprint density at radius 2 is 2.47 bits per heavy atom. The molecule has 6 nitrogen and oxygen atoms in total. The smallest absolute Gasteiger partial charge is 0.312 e. The molecule has 7 heteroatoms. The summed E-state index contributed by atoms with van der Waals surface area (Å²) in [5, 5.41) is 11.0. The first-order valence-corrected chi connectivity index (χ1v) is 5.99. The Hall–Kier alpha value is -1.21. The van der Waals surface area contributed by atoms with Gasteiger partial charge in [-0.15, -0.1) is 0 Å². The SMILES string of the molecule is CO[C@H]1CCN(c2ncc(Br)cc2[N+](=O)[O-])C1. The van der Waals surface area contributed by atoms with Crippen molar-refractivity contribution >= 4 is 27.4 Å². The summed E-state index contributed by atoms with van der Waals surface area (Å²) in [5.41, 5.74) is 0.0242. The molecule has 1 saturated heterocycles. The fourth-order valence-corrected chi connectivity index (χ4v) is 2.23. The summed E-state index contributed by atoms with van der Waals surface area (Å²) in [6, 6.07) is 1.47. The van der Waals surface area contributed by atoms with E-state index in [4.69, 9.17) is 4.74 Å². The van der Waals surface area contributed by atoms with E-state index >= 15 is 0 Å². The molecule has 0 N–H and O–H groups in total. The first kappa shape index (κ1) is 12.3. The van der Waals surface area contributed by atoms with Gasteiger partial charge in [0.25, 0.3) is 0 Å². The third-order valence-electron chi connectivity index (χ3n) is 2.79. The standard InChI is InChI=1S/C10H12BrN3O3/c1-17-8-2-3-13(6-8)10-9(14(15)16)4-7(11)5-12-10/h4-5,8H,2-3,6H2,1H3/t8-/m0/s1. The van der Waals surface area contributed by atoms with Crippen molar-refractivity contribution < 1.29 is 9.66 Å². The maximum atomic E-state index is 11.0. The van der Waals surface area contributed by atoms with Gasteiger partial charge in [0.05, 0.1) is 11.0 Å². The van der Waals surface area contributed by atoms with Gasteiger partial charge in [0.1, 0.15) is 0 Å². The summed E-state index contributed by atoms with van der Waals surface area (Å²) in [6.07, 6.45) is 2.56. The summed E-state index contributed by atoms with van der Waals surface area (Å²) >= 11 is 3.19. The lowest BCUT2D eigenvalue weighted by Crippen LogP contribution is -2.24. The molecule has 0 spiro atoms. The van der Waals surface area contributed by atoms with Gasteiger partial charge in [0.2, 0.25) is 5.82 Å². The predicted molar refractivity (Wildman–Crippen MR) is 66.2 cm³/mol. The quantitative estimate of drug-likeness (QED) is 0.631. The predicted octanol–water partition coefficient (Wildman–Crippen LogP) is 1.98. The normalized spacial score (nSPS) is 19.6. The number of hydrogen-bond donors (Lipinski definition) is 0. The van der Waals surface area contributed by atoms with Crippen LogP contribution < -0.4 is 4.90 Å². The van der Waals surface area contributed by atoms with Gasteiger partial charge < -0.3 is 9.64 Å². The van der Waals surface area contributed by atoms with Gasteiger partial charge in [-0.2, -0.15) is 0 Å². The van der Waals surface area contributed by atoms with E-state index in [1.807, 2.05) is 4.90 Å². The fraction of sp³-hybridized carbons (Fsp3) is 0.500. The molecule has 0 amide bonds. The zero-order chi connectivity index (χ0) is 12.4. The third kappa shape index (κ3) is 2.55. The molecular formula is C10H12BrN3O3. The Balaban J connectivity index is 2.29. The van der Waals surface area contributed by atoms with Gasteiger partial charge in [0.15, 0.2) is 0 Å². The molecule has 17 heavy (non-hydrogen) atoms. The first-order chi connectivity index (χ1) is 8.11. The molecule has 0 radical (unpaired) electrons. The summed E-state index contributed by atoms with van der Waals surface area (Å²) < 4.78 is 5.85. The molecule has 1 aromatic heterocycles. The molecule has 2 rings (SSSR count). The minimum Gasteiger partial charge on any atom is -0.380 e. The number of anilines is 1. The van der Waals surface area contributed by atoms with Crippen LogP contribution in [0.3, 0.4) is 0 Å². The van der Waals surface area contributed by atoms with Gasteiger partial charge in [-0.3, -0.25) is 10.1 Å². The highest BCUT2D eigenvalue weighted by molar-refractivity contribution is 9.10. The van der Waals surface area contributed by atoms with Crippen LogP contribution in [0.25, 0.3) is 0 Å². The molecule has 1 aliphatic rings. The summed E-state index contributed by atoms with van der Waals surface area (Å²) in [4.78, 5) is 16.6. The van der Waals surface area contributed by atoms with E-state index < -0.39 is 4.92 Å². The van der Waals surface area contributed by atoms with E-state index in [9.17, 15) is 10.1 Å². The van der Waals surface area contributed by atoms with Gasteiger partial charge >= 0.3 is 5.69 Å². The monoisotopic (exact) mass is 301 g/mol. The Kier molecular flexibility index (Phi) is 3.58. The van der Waals surface area contributed by atoms with Crippen LogP contribution in [0.4, 0.5) is 11.5 Å². The number of pyridine rings is 1. The zero-order valence-electron chi connectivity index (χ0n) is 9.30. The number of nitro groups is 1. The number of nitrogens with zero attached hydrogens (tertiary/aromatic N) is 3. The molecule has 0 saturated carbocycles. The van der Waals surface area contributed by atoms with Gasteiger partial charge in [-0.25, -0.2) is 4.98 Å². The lowest BCUT2D eigenvalue weighted by Gasteiger charge is -2.16. The number of aromatic nitrogens is 1.